The van der Waals surface area contributed by atoms with Gasteiger partial charge in [0.2, 0.25) is 0 Å². The average Bonchev–Trinajstić information content (AvgIpc) is 3.95. The van der Waals surface area contributed by atoms with Gasteiger partial charge in [-0.1, -0.05) is 170 Å². The van der Waals surface area contributed by atoms with Gasteiger partial charge in [-0.3, -0.25) is 0 Å². The zero-order valence-electron chi connectivity index (χ0n) is 31.6. The van der Waals surface area contributed by atoms with Crippen molar-refractivity contribution >= 4 is 94.4 Å². The van der Waals surface area contributed by atoms with Crippen molar-refractivity contribution in [2.24, 2.45) is 0 Å². The van der Waals surface area contributed by atoms with Gasteiger partial charge in [0.1, 0.15) is 5.58 Å². The van der Waals surface area contributed by atoms with Gasteiger partial charge in [-0.05, 0) is 69.3 Å². The SMILES string of the molecule is c1ccc([Si](c2ccccc2)(c2ccccc2)c2ccc3c(c2)c2ccccc2n3-c2ccc3c(c2)c2ccccc2n3-c2cccc3c2oc2ccccc23)cc1. The van der Waals surface area contributed by atoms with E-state index in [2.05, 4.69) is 221 Å². The second kappa shape index (κ2) is 12.8. The van der Waals surface area contributed by atoms with Gasteiger partial charge >= 0.3 is 0 Å². The topological polar surface area (TPSA) is 23.0 Å². The molecule has 0 fully saturated rings. The Morgan fingerprint density at radius 1 is 0.310 bits per heavy atom. The first-order valence-electron chi connectivity index (χ1n) is 19.9. The number of fused-ring (bicyclic) bond motifs is 9. The Morgan fingerprint density at radius 3 is 1.45 bits per heavy atom. The van der Waals surface area contributed by atoms with Gasteiger partial charge in [0, 0.05) is 38.0 Å². The Kier molecular flexibility index (Phi) is 7.25. The summed E-state index contributed by atoms with van der Waals surface area (Å²) in [6.07, 6.45) is 0. The second-order valence-electron chi connectivity index (χ2n) is 15.2. The van der Waals surface area contributed by atoms with Gasteiger partial charge in [0.25, 0.3) is 0 Å². The molecule has 3 heterocycles. The lowest BCUT2D eigenvalue weighted by atomic mass is 10.1. The Morgan fingerprint density at radius 2 is 0.793 bits per heavy atom. The van der Waals surface area contributed by atoms with Crippen molar-refractivity contribution in [1.82, 2.24) is 9.13 Å². The zero-order valence-corrected chi connectivity index (χ0v) is 32.6. The van der Waals surface area contributed by atoms with Crippen molar-refractivity contribution in [1.29, 1.82) is 0 Å². The Balaban J connectivity index is 1.11. The highest BCUT2D eigenvalue weighted by Gasteiger charge is 2.41. The summed E-state index contributed by atoms with van der Waals surface area (Å²) < 4.78 is 11.4. The fourth-order valence-corrected chi connectivity index (χ4v) is 14.6. The molecule has 0 amide bonds. The predicted octanol–water partition coefficient (Wildman–Crippen LogP) is 11.2. The second-order valence-corrected chi connectivity index (χ2v) is 19.0. The number of aromatic nitrogens is 2. The summed E-state index contributed by atoms with van der Waals surface area (Å²) >= 11 is 0. The minimum absolute atomic E-state index is 0.898. The molecule has 272 valence electrons. The molecule has 58 heavy (non-hydrogen) atoms. The summed E-state index contributed by atoms with van der Waals surface area (Å²) in [5.41, 5.74) is 8.65. The smallest absolute Gasteiger partial charge is 0.179 e. The van der Waals surface area contributed by atoms with Crippen molar-refractivity contribution in [3.05, 3.63) is 218 Å². The number of furan rings is 1. The predicted molar refractivity (Wildman–Crippen MR) is 246 cm³/mol. The fraction of sp³-hybridized carbons (Fsp3) is 0. The molecule has 0 atom stereocenters. The third-order valence-electron chi connectivity index (χ3n) is 12.3. The molecular weight excluding hydrogens is 721 g/mol. The van der Waals surface area contributed by atoms with E-state index in [4.69, 9.17) is 4.42 Å². The molecule has 9 aromatic carbocycles. The normalized spacial score (nSPS) is 12.1. The highest BCUT2D eigenvalue weighted by molar-refractivity contribution is 7.20. The van der Waals surface area contributed by atoms with E-state index in [-0.39, 0.29) is 0 Å². The van der Waals surface area contributed by atoms with Gasteiger partial charge in [-0.25, -0.2) is 0 Å². The number of nitrogens with zero attached hydrogens (tertiary/aromatic N) is 2. The summed E-state index contributed by atoms with van der Waals surface area (Å²) in [6.45, 7) is 0. The van der Waals surface area contributed by atoms with Crippen LogP contribution in [0.25, 0.3) is 76.9 Å². The standard InChI is InChI=1S/C54H36N2OSi/c1-4-17-38(18-5-1)58(39-19-6-2-7-20-39,40-21-8-3-9-22-40)41-32-34-50-47(36-41)43-24-10-13-27-48(43)55(50)37-31-33-51-46(35-37)42-23-11-14-28-49(42)56(51)52-29-16-26-45-44-25-12-15-30-53(44)57-54(45)52/h1-36H. The highest BCUT2D eigenvalue weighted by Crippen LogP contribution is 2.40. The van der Waals surface area contributed by atoms with E-state index in [1.165, 1.54) is 53.3 Å². The maximum absolute atomic E-state index is 6.58. The van der Waals surface area contributed by atoms with Gasteiger partial charge in [0.15, 0.2) is 13.7 Å². The van der Waals surface area contributed by atoms with Crippen LogP contribution in [0.4, 0.5) is 0 Å². The lowest BCUT2D eigenvalue weighted by molar-refractivity contribution is 0.666. The summed E-state index contributed by atoms with van der Waals surface area (Å²) in [6, 6.07) is 80.2. The minimum atomic E-state index is -2.72. The largest absolute Gasteiger partial charge is 0.454 e. The number of benzene rings is 9. The Bertz CT molecular complexity index is 3410. The molecule has 0 saturated heterocycles. The molecule has 4 heteroatoms. The summed E-state index contributed by atoms with van der Waals surface area (Å²) in [7, 11) is -2.72. The molecule has 12 rings (SSSR count). The van der Waals surface area contributed by atoms with Crippen molar-refractivity contribution in [2.45, 2.75) is 0 Å². The molecule has 0 saturated carbocycles. The molecule has 0 aliphatic carbocycles. The molecular formula is C54H36N2OSi. The third-order valence-corrected chi connectivity index (χ3v) is 17.0. The van der Waals surface area contributed by atoms with Gasteiger partial charge < -0.3 is 13.6 Å². The zero-order chi connectivity index (χ0) is 38.2. The molecule has 0 unspecified atom stereocenters. The summed E-state index contributed by atoms with van der Waals surface area (Å²) in [5, 5.41) is 12.6. The molecule has 0 aliphatic rings. The van der Waals surface area contributed by atoms with Crippen molar-refractivity contribution < 1.29 is 4.42 Å². The van der Waals surface area contributed by atoms with E-state index in [9.17, 15) is 0 Å². The molecule has 3 aromatic heterocycles. The van der Waals surface area contributed by atoms with E-state index in [1.807, 2.05) is 6.07 Å². The van der Waals surface area contributed by atoms with E-state index >= 15 is 0 Å². The van der Waals surface area contributed by atoms with Gasteiger partial charge in [-0.15, -0.1) is 0 Å². The number of para-hydroxylation sites is 4. The quantitative estimate of drug-likeness (QED) is 0.122. The summed E-state index contributed by atoms with van der Waals surface area (Å²) in [5.74, 6) is 0. The van der Waals surface area contributed by atoms with Crippen LogP contribution in [-0.2, 0) is 0 Å². The molecule has 0 radical (unpaired) electrons. The van der Waals surface area contributed by atoms with Crippen molar-refractivity contribution in [3.8, 4) is 11.4 Å². The van der Waals surface area contributed by atoms with E-state index in [0.29, 0.717) is 0 Å². The van der Waals surface area contributed by atoms with Crippen LogP contribution in [0, 0.1) is 0 Å². The number of hydrogen-bond acceptors (Lipinski definition) is 1. The monoisotopic (exact) mass is 756 g/mol. The third kappa shape index (κ3) is 4.67. The average molecular weight is 757 g/mol. The first-order valence-corrected chi connectivity index (χ1v) is 21.9. The first kappa shape index (κ1) is 32.8. The maximum Gasteiger partial charge on any atom is 0.179 e. The first-order chi connectivity index (χ1) is 28.8. The van der Waals surface area contributed by atoms with Crippen LogP contribution in [0.1, 0.15) is 0 Å². The van der Waals surface area contributed by atoms with Crippen LogP contribution in [0.3, 0.4) is 0 Å². The van der Waals surface area contributed by atoms with E-state index < -0.39 is 8.07 Å². The Labute approximate surface area is 336 Å². The lowest BCUT2D eigenvalue weighted by Crippen LogP contribution is -2.74. The number of rotatable bonds is 6. The molecule has 12 aromatic rings. The van der Waals surface area contributed by atoms with Crippen LogP contribution in [0.5, 0.6) is 0 Å². The maximum atomic E-state index is 6.58. The van der Waals surface area contributed by atoms with Crippen molar-refractivity contribution in [2.75, 3.05) is 0 Å². The number of hydrogen-bond donors (Lipinski definition) is 0. The molecule has 0 spiro atoms. The highest BCUT2D eigenvalue weighted by atomic mass is 28.3. The fourth-order valence-electron chi connectivity index (χ4n) is 9.82. The van der Waals surface area contributed by atoms with E-state index in [0.717, 1.165) is 44.3 Å². The van der Waals surface area contributed by atoms with Gasteiger partial charge in [0.05, 0.1) is 27.8 Å². The van der Waals surface area contributed by atoms with Crippen LogP contribution in [0.15, 0.2) is 223 Å². The van der Waals surface area contributed by atoms with Crippen molar-refractivity contribution in [3.63, 3.8) is 0 Å². The molecule has 0 aliphatic heterocycles. The molecule has 0 N–H and O–H groups in total. The van der Waals surface area contributed by atoms with Crippen LogP contribution in [0.2, 0.25) is 0 Å². The van der Waals surface area contributed by atoms with Gasteiger partial charge in [-0.2, -0.15) is 0 Å². The van der Waals surface area contributed by atoms with Crippen LogP contribution >= 0.6 is 0 Å². The lowest BCUT2D eigenvalue weighted by Gasteiger charge is -2.34. The van der Waals surface area contributed by atoms with E-state index in [1.54, 1.807) is 0 Å². The van der Waals surface area contributed by atoms with Crippen LogP contribution < -0.4 is 20.7 Å². The molecule has 0 bridgehead atoms. The minimum Gasteiger partial charge on any atom is -0.454 e. The van der Waals surface area contributed by atoms with Crippen LogP contribution in [-0.4, -0.2) is 17.2 Å². The molecule has 3 nitrogen and oxygen atoms in total. The Hall–Kier alpha value is -7.40. The summed E-state index contributed by atoms with van der Waals surface area (Å²) in [4.78, 5) is 0.